The van der Waals surface area contributed by atoms with E-state index < -0.39 is 0 Å². The van der Waals surface area contributed by atoms with Crippen molar-refractivity contribution in [2.24, 2.45) is 0 Å². The van der Waals surface area contributed by atoms with E-state index in [-0.39, 0.29) is 5.78 Å². The summed E-state index contributed by atoms with van der Waals surface area (Å²) in [4.78, 5) is 20.0. The largest absolute Gasteiger partial charge is 0.300 e. The highest BCUT2D eigenvalue weighted by Gasteiger charge is 1.93. The number of ketones is 1. The highest BCUT2D eigenvalue weighted by Crippen LogP contribution is 2.00. The molecule has 0 aromatic heterocycles. The van der Waals surface area contributed by atoms with E-state index in [4.69, 9.17) is 9.78 Å². The minimum Gasteiger partial charge on any atom is -0.300 e. The maximum absolute atomic E-state index is 9.81. The molecule has 0 heterocycles. The summed E-state index contributed by atoms with van der Waals surface area (Å²) in [5, 5.41) is 0. The first-order chi connectivity index (χ1) is 9.70. The average molecular weight is 280 g/mol. The van der Waals surface area contributed by atoms with Crippen molar-refractivity contribution in [2.75, 3.05) is 13.2 Å². The Morgan fingerprint density at radius 1 is 1.00 bits per heavy atom. The first kappa shape index (κ1) is 18.8. The highest BCUT2D eigenvalue weighted by molar-refractivity contribution is 5.74. The van der Waals surface area contributed by atoms with Gasteiger partial charge in [0.1, 0.15) is 5.78 Å². The van der Waals surface area contributed by atoms with Gasteiger partial charge in [0, 0.05) is 6.42 Å². The summed E-state index contributed by atoms with van der Waals surface area (Å²) in [6, 6.07) is 10.3. The lowest BCUT2D eigenvalue weighted by atomic mass is 10.2. The summed E-state index contributed by atoms with van der Waals surface area (Å²) < 4.78 is 0. The van der Waals surface area contributed by atoms with E-state index in [0.717, 1.165) is 12.8 Å². The van der Waals surface area contributed by atoms with Gasteiger partial charge in [-0.2, -0.15) is 0 Å². The summed E-state index contributed by atoms with van der Waals surface area (Å²) in [5.41, 5.74) is 1.29. The van der Waals surface area contributed by atoms with Gasteiger partial charge in [0.05, 0.1) is 13.2 Å². The second-order valence-corrected chi connectivity index (χ2v) is 4.64. The maximum Gasteiger partial charge on any atom is 0.129 e. The zero-order chi connectivity index (χ0) is 15.1. The van der Waals surface area contributed by atoms with Crippen LogP contribution in [0.3, 0.4) is 0 Å². The Labute approximate surface area is 123 Å². The van der Waals surface area contributed by atoms with Crippen molar-refractivity contribution in [1.82, 2.24) is 0 Å². The van der Waals surface area contributed by atoms with Crippen molar-refractivity contribution in [3.63, 3.8) is 0 Å². The van der Waals surface area contributed by atoms with Gasteiger partial charge in [-0.15, -0.1) is 0 Å². The van der Waals surface area contributed by atoms with Crippen LogP contribution in [0, 0.1) is 0 Å². The number of benzene rings is 1. The van der Waals surface area contributed by atoms with Crippen molar-refractivity contribution < 1.29 is 14.6 Å². The molecule has 0 spiro atoms. The van der Waals surface area contributed by atoms with Gasteiger partial charge in [-0.1, -0.05) is 57.0 Å². The molecule has 0 atom stereocenters. The van der Waals surface area contributed by atoms with Crippen molar-refractivity contribution >= 4 is 5.78 Å². The van der Waals surface area contributed by atoms with Gasteiger partial charge in [-0.05, 0) is 25.3 Å². The minimum absolute atomic E-state index is 0.255. The summed E-state index contributed by atoms with van der Waals surface area (Å²) in [6.07, 6.45) is 5.09. The molecule has 0 unspecified atom stereocenters. The van der Waals surface area contributed by atoms with E-state index >= 15 is 0 Å². The molecule has 1 aromatic rings. The molecule has 0 bridgehead atoms. The van der Waals surface area contributed by atoms with E-state index in [1.165, 1.54) is 18.4 Å². The van der Waals surface area contributed by atoms with E-state index in [0.29, 0.717) is 19.6 Å². The molecule has 0 saturated heterocycles. The molecule has 3 nitrogen and oxygen atoms in total. The van der Waals surface area contributed by atoms with Crippen LogP contribution in [-0.2, 0) is 21.0 Å². The molecular formula is C17H28O3. The number of hydrogen-bond donors (Lipinski definition) is 0. The number of carbonyl (C=O) groups is 1. The maximum atomic E-state index is 9.81. The Balaban J connectivity index is 0.000000621. The Morgan fingerprint density at radius 2 is 1.60 bits per heavy atom. The minimum atomic E-state index is 0.255. The molecule has 0 amide bonds. The third kappa shape index (κ3) is 13.2. The van der Waals surface area contributed by atoms with Gasteiger partial charge in [-0.3, -0.25) is 0 Å². The number of unbranched alkanes of at least 4 members (excludes halogenated alkanes) is 2. The van der Waals surface area contributed by atoms with Crippen LogP contribution in [0.2, 0.25) is 0 Å². The van der Waals surface area contributed by atoms with Gasteiger partial charge in [0.25, 0.3) is 0 Å². The van der Waals surface area contributed by atoms with Crippen molar-refractivity contribution in [3.05, 3.63) is 35.9 Å². The Kier molecular flexibility index (Phi) is 13.4. The Bertz CT molecular complexity index is 322. The molecule has 0 N–H and O–H groups in total. The predicted octanol–water partition coefficient (Wildman–Crippen LogP) is 4.35. The second-order valence-electron chi connectivity index (χ2n) is 4.64. The van der Waals surface area contributed by atoms with E-state index in [9.17, 15) is 4.79 Å². The molecule has 114 valence electrons. The Morgan fingerprint density at radius 3 is 2.15 bits per heavy atom. The van der Waals surface area contributed by atoms with E-state index in [2.05, 4.69) is 19.1 Å². The smallest absolute Gasteiger partial charge is 0.129 e. The third-order valence-electron chi connectivity index (χ3n) is 2.73. The van der Waals surface area contributed by atoms with Crippen LogP contribution in [0.15, 0.2) is 30.3 Å². The van der Waals surface area contributed by atoms with E-state index in [1.807, 2.05) is 25.1 Å². The predicted molar refractivity (Wildman–Crippen MR) is 82.5 cm³/mol. The molecule has 0 radical (unpaired) electrons. The van der Waals surface area contributed by atoms with Gasteiger partial charge in [0.15, 0.2) is 0 Å². The molecule has 1 aromatic carbocycles. The SMILES string of the molecule is CCC(C)=O.CCCCCOOCCc1ccccc1. The quantitative estimate of drug-likeness (QED) is 0.383. The molecule has 3 heteroatoms. The summed E-state index contributed by atoms with van der Waals surface area (Å²) in [5.74, 6) is 0.255. The lowest BCUT2D eigenvalue weighted by molar-refractivity contribution is -0.294. The van der Waals surface area contributed by atoms with Crippen LogP contribution < -0.4 is 0 Å². The molecule has 0 aliphatic rings. The molecular weight excluding hydrogens is 252 g/mol. The molecule has 0 saturated carbocycles. The zero-order valence-corrected chi connectivity index (χ0v) is 13.1. The van der Waals surface area contributed by atoms with Crippen molar-refractivity contribution in [1.29, 1.82) is 0 Å². The van der Waals surface area contributed by atoms with Crippen molar-refractivity contribution in [3.8, 4) is 0 Å². The first-order valence-electron chi connectivity index (χ1n) is 7.48. The fourth-order valence-electron chi connectivity index (χ4n) is 1.33. The molecule has 1 rings (SSSR count). The summed E-state index contributed by atoms with van der Waals surface area (Å²) in [7, 11) is 0. The number of carbonyl (C=O) groups excluding carboxylic acids is 1. The monoisotopic (exact) mass is 280 g/mol. The first-order valence-corrected chi connectivity index (χ1v) is 7.48. The van der Waals surface area contributed by atoms with Crippen LogP contribution in [0.1, 0.15) is 52.0 Å². The van der Waals surface area contributed by atoms with Gasteiger partial charge in [0.2, 0.25) is 0 Å². The third-order valence-corrected chi connectivity index (χ3v) is 2.73. The molecule has 0 aliphatic heterocycles. The van der Waals surface area contributed by atoms with E-state index in [1.54, 1.807) is 6.92 Å². The lowest BCUT2D eigenvalue weighted by Crippen LogP contribution is -2.01. The molecule has 0 fully saturated rings. The Hall–Kier alpha value is -1.19. The zero-order valence-electron chi connectivity index (χ0n) is 13.1. The lowest BCUT2D eigenvalue weighted by Gasteiger charge is -2.03. The second kappa shape index (κ2) is 14.2. The molecule has 20 heavy (non-hydrogen) atoms. The fourth-order valence-corrected chi connectivity index (χ4v) is 1.33. The normalized spacial score (nSPS) is 9.75. The topological polar surface area (TPSA) is 35.5 Å². The van der Waals surface area contributed by atoms with Crippen molar-refractivity contribution in [2.45, 2.75) is 52.9 Å². The average Bonchev–Trinajstić information content (AvgIpc) is 2.48. The van der Waals surface area contributed by atoms with Crippen LogP contribution >= 0.6 is 0 Å². The van der Waals surface area contributed by atoms with Gasteiger partial charge >= 0.3 is 0 Å². The number of rotatable bonds is 9. The summed E-state index contributed by atoms with van der Waals surface area (Å²) >= 11 is 0. The van der Waals surface area contributed by atoms with Crippen LogP contribution in [0.5, 0.6) is 0 Å². The number of Topliss-reactive ketones (excluding diaryl/α,β-unsaturated/α-hetero) is 1. The van der Waals surface area contributed by atoms with Crippen LogP contribution in [0.4, 0.5) is 0 Å². The standard InChI is InChI=1S/C13H20O2.C4H8O/c1-2-3-7-11-14-15-12-10-13-8-5-4-6-9-13;1-3-4(2)5/h4-6,8-9H,2-3,7,10-12H2,1H3;3H2,1-2H3. The molecule has 0 aliphatic carbocycles. The van der Waals surface area contributed by atoms with Crippen LogP contribution in [-0.4, -0.2) is 19.0 Å². The fraction of sp³-hybridized carbons (Fsp3) is 0.588. The van der Waals surface area contributed by atoms with Crippen LogP contribution in [0.25, 0.3) is 0 Å². The summed E-state index contributed by atoms with van der Waals surface area (Å²) in [6.45, 7) is 6.96. The van der Waals surface area contributed by atoms with Gasteiger partial charge < -0.3 is 4.79 Å². The number of hydrogen-bond acceptors (Lipinski definition) is 3. The highest BCUT2D eigenvalue weighted by atomic mass is 17.2. The van der Waals surface area contributed by atoms with Gasteiger partial charge in [-0.25, -0.2) is 9.78 Å².